The Kier molecular flexibility index (Phi) is 6.07. The van der Waals surface area contributed by atoms with E-state index in [-0.39, 0.29) is 5.91 Å². The maximum atomic E-state index is 12.2. The summed E-state index contributed by atoms with van der Waals surface area (Å²) in [7, 11) is 3.16. The number of ether oxygens (including phenoxy) is 3. The summed E-state index contributed by atoms with van der Waals surface area (Å²) < 4.78 is 16.3. The minimum Gasteiger partial charge on any atom is -0.493 e. The molecule has 0 fully saturated rings. The van der Waals surface area contributed by atoms with Crippen molar-refractivity contribution >= 4 is 5.91 Å². The van der Waals surface area contributed by atoms with Crippen molar-refractivity contribution in [3.05, 3.63) is 53.6 Å². The normalized spacial score (nSPS) is 11.5. The Morgan fingerprint density at radius 3 is 2.42 bits per heavy atom. The quantitative estimate of drug-likeness (QED) is 0.848. The van der Waals surface area contributed by atoms with Crippen molar-refractivity contribution in [1.82, 2.24) is 5.32 Å². The minimum atomic E-state index is -0.593. The molecule has 0 heterocycles. The van der Waals surface area contributed by atoms with Crippen molar-refractivity contribution in [2.45, 2.75) is 26.5 Å². The first-order valence-electron chi connectivity index (χ1n) is 7.76. The third kappa shape index (κ3) is 4.41. The molecule has 5 heteroatoms. The number of hydrogen-bond donors (Lipinski definition) is 1. The van der Waals surface area contributed by atoms with Gasteiger partial charge >= 0.3 is 0 Å². The van der Waals surface area contributed by atoms with Gasteiger partial charge in [-0.25, -0.2) is 0 Å². The average molecular weight is 329 g/mol. The highest BCUT2D eigenvalue weighted by molar-refractivity contribution is 5.80. The van der Waals surface area contributed by atoms with E-state index in [9.17, 15) is 4.79 Å². The molecule has 5 nitrogen and oxygen atoms in total. The highest BCUT2D eigenvalue weighted by Crippen LogP contribution is 2.30. The first-order chi connectivity index (χ1) is 11.5. The van der Waals surface area contributed by atoms with Gasteiger partial charge in [0.05, 0.1) is 14.2 Å². The maximum Gasteiger partial charge on any atom is 0.261 e. The topological polar surface area (TPSA) is 56.8 Å². The van der Waals surface area contributed by atoms with Gasteiger partial charge < -0.3 is 19.5 Å². The Morgan fingerprint density at radius 2 is 1.79 bits per heavy atom. The van der Waals surface area contributed by atoms with Crippen LogP contribution in [0.4, 0.5) is 0 Å². The molecule has 0 saturated heterocycles. The van der Waals surface area contributed by atoms with Gasteiger partial charge in [-0.3, -0.25) is 4.79 Å². The molecule has 1 N–H and O–H groups in total. The lowest BCUT2D eigenvalue weighted by Crippen LogP contribution is -2.36. The van der Waals surface area contributed by atoms with Crippen molar-refractivity contribution < 1.29 is 19.0 Å². The van der Waals surface area contributed by atoms with Crippen molar-refractivity contribution in [3.63, 3.8) is 0 Å². The van der Waals surface area contributed by atoms with Crippen LogP contribution in [0.3, 0.4) is 0 Å². The molecule has 0 aromatic heterocycles. The standard InChI is InChI=1S/C19H23NO4/c1-13-8-10-16(11-9-13)24-14(2)19(21)20-12-15-6-5-7-17(22-3)18(15)23-4/h5-11,14H,12H2,1-4H3,(H,20,21). The molecule has 0 aliphatic rings. The summed E-state index contributed by atoms with van der Waals surface area (Å²) in [4.78, 5) is 12.2. The molecule has 2 aromatic rings. The van der Waals surface area contributed by atoms with Gasteiger partial charge in [0.2, 0.25) is 0 Å². The fraction of sp³-hybridized carbons (Fsp3) is 0.316. The lowest BCUT2D eigenvalue weighted by Gasteiger charge is -2.16. The van der Waals surface area contributed by atoms with Gasteiger partial charge in [-0.2, -0.15) is 0 Å². The van der Waals surface area contributed by atoms with Gasteiger partial charge in [0, 0.05) is 12.1 Å². The van der Waals surface area contributed by atoms with Crippen molar-refractivity contribution in [2.75, 3.05) is 14.2 Å². The van der Waals surface area contributed by atoms with E-state index in [2.05, 4.69) is 5.32 Å². The zero-order valence-corrected chi connectivity index (χ0v) is 14.5. The molecule has 0 saturated carbocycles. The monoisotopic (exact) mass is 329 g/mol. The Labute approximate surface area is 142 Å². The van der Waals surface area contributed by atoms with E-state index >= 15 is 0 Å². The molecule has 0 aliphatic carbocycles. The highest BCUT2D eigenvalue weighted by Gasteiger charge is 2.16. The maximum absolute atomic E-state index is 12.2. The van der Waals surface area contributed by atoms with Gasteiger partial charge in [-0.1, -0.05) is 29.8 Å². The van der Waals surface area contributed by atoms with E-state index in [1.165, 1.54) is 0 Å². The molecule has 24 heavy (non-hydrogen) atoms. The van der Waals surface area contributed by atoms with E-state index in [1.54, 1.807) is 21.1 Å². The second-order valence-electron chi connectivity index (χ2n) is 5.44. The fourth-order valence-electron chi connectivity index (χ4n) is 2.29. The lowest BCUT2D eigenvalue weighted by atomic mass is 10.2. The van der Waals surface area contributed by atoms with Crippen LogP contribution in [0.2, 0.25) is 0 Å². The zero-order chi connectivity index (χ0) is 17.5. The Hall–Kier alpha value is -2.69. The van der Waals surface area contributed by atoms with Gasteiger partial charge in [0.1, 0.15) is 5.75 Å². The van der Waals surface area contributed by atoms with Crippen molar-refractivity contribution in [2.24, 2.45) is 0 Å². The summed E-state index contributed by atoms with van der Waals surface area (Å²) in [5.74, 6) is 1.73. The summed E-state index contributed by atoms with van der Waals surface area (Å²) in [5.41, 5.74) is 1.98. The summed E-state index contributed by atoms with van der Waals surface area (Å²) in [6.07, 6.45) is -0.593. The SMILES string of the molecule is COc1cccc(CNC(=O)C(C)Oc2ccc(C)cc2)c1OC. The summed E-state index contributed by atoms with van der Waals surface area (Å²) in [5, 5.41) is 2.86. The van der Waals surface area contributed by atoms with Gasteiger partial charge in [-0.05, 0) is 32.0 Å². The van der Waals surface area contributed by atoms with Crippen LogP contribution in [0.5, 0.6) is 17.2 Å². The first-order valence-corrected chi connectivity index (χ1v) is 7.76. The third-order valence-corrected chi connectivity index (χ3v) is 3.64. The smallest absolute Gasteiger partial charge is 0.261 e. The molecule has 2 rings (SSSR count). The Bertz CT molecular complexity index is 682. The molecule has 2 aromatic carbocycles. The van der Waals surface area contributed by atoms with E-state index in [0.29, 0.717) is 23.8 Å². The van der Waals surface area contributed by atoms with Crippen LogP contribution in [0, 0.1) is 6.92 Å². The van der Waals surface area contributed by atoms with Gasteiger partial charge in [0.15, 0.2) is 17.6 Å². The Morgan fingerprint density at radius 1 is 1.08 bits per heavy atom. The first kappa shape index (κ1) is 17.7. The summed E-state index contributed by atoms with van der Waals surface area (Å²) in [6.45, 7) is 4.06. The molecule has 0 radical (unpaired) electrons. The third-order valence-electron chi connectivity index (χ3n) is 3.64. The van der Waals surface area contributed by atoms with Crippen molar-refractivity contribution in [1.29, 1.82) is 0 Å². The lowest BCUT2D eigenvalue weighted by molar-refractivity contribution is -0.127. The van der Waals surface area contributed by atoms with Crippen LogP contribution in [0.15, 0.2) is 42.5 Å². The van der Waals surface area contributed by atoms with Crippen LogP contribution in [0.25, 0.3) is 0 Å². The number of hydrogen-bond acceptors (Lipinski definition) is 4. The predicted octanol–water partition coefficient (Wildman–Crippen LogP) is 3.10. The predicted molar refractivity (Wildman–Crippen MR) is 92.7 cm³/mol. The van der Waals surface area contributed by atoms with Crippen LogP contribution in [-0.2, 0) is 11.3 Å². The van der Waals surface area contributed by atoms with Crippen LogP contribution in [0.1, 0.15) is 18.1 Å². The molecule has 1 atom stereocenters. The average Bonchev–Trinajstić information content (AvgIpc) is 2.60. The molecule has 1 amide bonds. The molecule has 0 aliphatic heterocycles. The number of amides is 1. The molecule has 128 valence electrons. The number of benzene rings is 2. The summed E-state index contributed by atoms with van der Waals surface area (Å²) in [6, 6.07) is 13.1. The van der Waals surface area contributed by atoms with Crippen LogP contribution < -0.4 is 19.5 Å². The van der Waals surface area contributed by atoms with E-state index in [4.69, 9.17) is 14.2 Å². The van der Waals surface area contributed by atoms with Gasteiger partial charge in [-0.15, -0.1) is 0 Å². The minimum absolute atomic E-state index is 0.194. The molecule has 0 bridgehead atoms. The molecule has 1 unspecified atom stereocenters. The Balaban J connectivity index is 1.96. The molecule has 0 spiro atoms. The number of para-hydroxylation sites is 1. The molecular formula is C19H23NO4. The number of carbonyl (C=O) groups is 1. The fourth-order valence-corrected chi connectivity index (χ4v) is 2.29. The second kappa shape index (κ2) is 8.24. The van der Waals surface area contributed by atoms with Crippen LogP contribution in [-0.4, -0.2) is 26.2 Å². The number of nitrogens with one attached hydrogen (secondary N) is 1. The number of methoxy groups -OCH3 is 2. The second-order valence-corrected chi connectivity index (χ2v) is 5.44. The number of aryl methyl sites for hydroxylation is 1. The van der Waals surface area contributed by atoms with Crippen molar-refractivity contribution in [3.8, 4) is 17.2 Å². The van der Waals surface area contributed by atoms with E-state index in [1.807, 2.05) is 49.4 Å². The van der Waals surface area contributed by atoms with Crippen LogP contribution >= 0.6 is 0 Å². The van der Waals surface area contributed by atoms with E-state index < -0.39 is 6.10 Å². The largest absolute Gasteiger partial charge is 0.493 e. The zero-order valence-electron chi connectivity index (χ0n) is 14.5. The molecular weight excluding hydrogens is 306 g/mol. The number of rotatable bonds is 7. The van der Waals surface area contributed by atoms with Gasteiger partial charge in [0.25, 0.3) is 5.91 Å². The van der Waals surface area contributed by atoms with E-state index in [0.717, 1.165) is 11.1 Å². The number of carbonyl (C=O) groups excluding carboxylic acids is 1. The summed E-state index contributed by atoms with van der Waals surface area (Å²) >= 11 is 0. The highest BCUT2D eigenvalue weighted by atomic mass is 16.5.